The van der Waals surface area contributed by atoms with Gasteiger partial charge >= 0.3 is 0 Å². The minimum Gasteiger partial charge on any atom is -0.385 e. The van der Waals surface area contributed by atoms with E-state index in [0.29, 0.717) is 0 Å². The summed E-state index contributed by atoms with van der Waals surface area (Å²) in [4.78, 5) is 5.01. The molecule has 2 fully saturated rings. The van der Waals surface area contributed by atoms with E-state index >= 15 is 0 Å². The molecule has 0 unspecified atom stereocenters. The van der Waals surface area contributed by atoms with Crippen LogP contribution in [0.4, 0.5) is 11.4 Å². The molecule has 1 aromatic carbocycles. The molecule has 3 nitrogen and oxygen atoms in total. The second-order valence-corrected chi connectivity index (χ2v) is 5.79. The Morgan fingerprint density at radius 2 is 1.74 bits per heavy atom. The van der Waals surface area contributed by atoms with Crippen LogP contribution >= 0.6 is 0 Å². The van der Waals surface area contributed by atoms with Gasteiger partial charge in [-0.15, -0.1) is 0 Å². The summed E-state index contributed by atoms with van der Waals surface area (Å²) < 4.78 is 0. The molecular formula is C16H25N3. The molecule has 0 amide bonds. The highest BCUT2D eigenvalue weighted by Gasteiger charge is 2.20. The maximum absolute atomic E-state index is 3.53. The van der Waals surface area contributed by atoms with Gasteiger partial charge in [0, 0.05) is 44.1 Å². The zero-order chi connectivity index (χ0) is 13.1. The summed E-state index contributed by atoms with van der Waals surface area (Å²) in [6.07, 6.45) is 2.82. The molecule has 1 aliphatic heterocycles. The molecule has 1 N–H and O–H groups in total. The highest BCUT2D eigenvalue weighted by molar-refractivity contribution is 5.55. The van der Waals surface area contributed by atoms with Gasteiger partial charge in [0.25, 0.3) is 0 Å². The van der Waals surface area contributed by atoms with Gasteiger partial charge in [-0.1, -0.05) is 6.92 Å². The number of benzene rings is 1. The van der Waals surface area contributed by atoms with E-state index in [1.165, 1.54) is 43.9 Å². The zero-order valence-corrected chi connectivity index (χ0v) is 11.9. The molecule has 0 aromatic heterocycles. The molecular weight excluding hydrogens is 234 g/mol. The number of hydrogen-bond donors (Lipinski definition) is 1. The highest BCUT2D eigenvalue weighted by atomic mass is 15.3. The molecule has 19 heavy (non-hydrogen) atoms. The van der Waals surface area contributed by atoms with Gasteiger partial charge in [-0.25, -0.2) is 0 Å². The van der Waals surface area contributed by atoms with E-state index in [1.54, 1.807) is 0 Å². The average molecular weight is 259 g/mol. The first-order valence-electron chi connectivity index (χ1n) is 7.66. The molecule has 1 aromatic rings. The zero-order valence-electron chi connectivity index (χ0n) is 11.9. The van der Waals surface area contributed by atoms with Crippen LogP contribution in [-0.2, 0) is 0 Å². The minimum atomic E-state index is 0.932. The molecule has 2 aliphatic rings. The SMILES string of the molecule is CCN1CCN(c2ccc(NCC3CC3)cc2)CC1. The average Bonchev–Trinajstić information content (AvgIpc) is 3.30. The Hall–Kier alpha value is -1.22. The van der Waals surface area contributed by atoms with E-state index in [0.717, 1.165) is 25.6 Å². The molecule has 1 aliphatic carbocycles. The van der Waals surface area contributed by atoms with Gasteiger partial charge in [-0.2, -0.15) is 0 Å². The van der Waals surface area contributed by atoms with Gasteiger partial charge in [0.2, 0.25) is 0 Å². The highest BCUT2D eigenvalue weighted by Crippen LogP contribution is 2.29. The Morgan fingerprint density at radius 1 is 1.05 bits per heavy atom. The predicted octanol–water partition coefficient (Wildman–Crippen LogP) is 2.65. The van der Waals surface area contributed by atoms with Gasteiger partial charge in [0.1, 0.15) is 0 Å². The number of nitrogens with zero attached hydrogens (tertiary/aromatic N) is 2. The van der Waals surface area contributed by atoms with Gasteiger partial charge in [0.15, 0.2) is 0 Å². The molecule has 0 spiro atoms. The lowest BCUT2D eigenvalue weighted by atomic mass is 10.2. The van der Waals surface area contributed by atoms with Crippen molar-refractivity contribution in [2.75, 3.05) is 49.5 Å². The van der Waals surface area contributed by atoms with Crippen molar-refractivity contribution < 1.29 is 0 Å². The Labute approximate surface area is 116 Å². The Kier molecular flexibility index (Phi) is 3.92. The fourth-order valence-corrected chi connectivity index (χ4v) is 2.70. The van der Waals surface area contributed by atoms with Crippen LogP contribution in [0.2, 0.25) is 0 Å². The molecule has 1 heterocycles. The number of likely N-dealkylation sites (N-methyl/N-ethyl adjacent to an activating group) is 1. The van der Waals surface area contributed by atoms with Crippen LogP contribution in [0.25, 0.3) is 0 Å². The smallest absolute Gasteiger partial charge is 0.0368 e. The topological polar surface area (TPSA) is 18.5 Å². The summed E-state index contributed by atoms with van der Waals surface area (Å²) in [6.45, 7) is 9.27. The van der Waals surface area contributed by atoms with E-state index in [9.17, 15) is 0 Å². The van der Waals surface area contributed by atoms with Crippen molar-refractivity contribution in [3.8, 4) is 0 Å². The van der Waals surface area contributed by atoms with Crippen molar-refractivity contribution in [3.05, 3.63) is 24.3 Å². The summed E-state index contributed by atoms with van der Waals surface area (Å²) in [5.74, 6) is 0.932. The fourth-order valence-electron chi connectivity index (χ4n) is 2.70. The van der Waals surface area contributed by atoms with Crippen molar-refractivity contribution in [2.45, 2.75) is 19.8 Å². The third-order valence-electron chi connectivity index (χ3n) is 4.34. The summed E-state index contributed by atoms with van der Waals surface area (Å²) in [7, 11) is 0. The molecule has 0 bridgehead atoms. The molecule has 3 heteroatoms. The Morgan fingerprint density at radius 3 is 2.32 bits per heavy atom. The summed E-state index contributed by atoms with van der Waals surface area (Å²) >= 11 is 0. The van der Waals surface area contributed by atoms with Gasteiger partial charge in [-0.05, 0) is 49.6 Å². The van der Waals surface area contributed by atoms with Crippen LogP contribution in [0.3, 0.4) is 0 Å². The van der Waals surface area contributed by atoms with Crippen LogP contribution in [0.5, 0.6) is 0 Å². The fraction of sp³-hybridized carbons (Fsp3) is 0.625. The predicted molar refractivity (Wildman–Crippen MR) is 82.0 cm³/mol. The monoisotopic (exact) mass is 259 g/mol. The second kappa shape index (κ2) is 5.83. The first-order chi connectivity index (χ1) is 9.35. The molecule has 0 radical (unpaired) electrons. The number of piperazine rings is 1. The van der Waals surface area contributed by atoms with Gasteiger partial charge in [-0.3, -0.25) is 0 Å². The van der Waals surface area contributed by atoms with Gasteiger partial charge < -0.3 is 15.1 Å². The first kappa shape index (κ1) is 12.8. The second-order valence-electron chi connectivity index (χ2n) is 5.79. The normalized spacial score (nSPS) is 20.6. The lowest BCUT2D eigenvalue weighted by Gasteiger charge is -2.35. The van der Waals surface area contributed by atoms with Crippen LogP contribution < -0.4 is 10.2 Å². The summed E-state index contributed by atoms with van der Waals surface area (Å²) in [5.41, 5.74) is 2.63. The minimum absolute atomic E-state index is 0.932. The first-order valence-corrected chi connectivity index (χ1v) is 7.66. The third kappa shape index (κ3) is 3.41. The van der Waals surface area contributed by atoms with Crippen LogP contribution in [0.1, 0.15) is 19.8 Å². The van der Waals surface area contributed by atoms with Crippen molar-refractivity contribution in [1.82, 2.24) is 4.90 Å². The third-order valence-corrected chi connectivity index (χ3v) is 4.34. The number of rotatable bonds is 5. The maximum atomic E-state index is 3.53. The van der Waals surface area contributed by atoms with Crippen molar-refractivity contribution in [3.63, 3.8) is 0 Å². The van der Waals surface area contributed by atoms with Crippen LogP contribution in [0, 0.1) is 5.92 Å². The van der Waals surface area contributed by atoms with Crippen molar-refractivity contribution in [2.24, 2.45) is 5.92 Å². The molecule has 0 atom stereocenters. The molecule has 3 rings (SSSR count). The van der Waals surface area contributed by atoms with Crippen LogP contribution in [0.15, 0.2) is 24.3 Å². The lowest BCUT2D eigenvalue weighted by molar-refractivity contribution is 0.271. The Balaban J connectivity index is 1.53. The summed E-state index contributed by atoms with van der Waals surface area (Å²) in [6, 6.07) is 8.97. The molecule has 104 valence electrons. The molecule has 1 saturated heterocycles. The summed E-state index contributed by atoms with van der Waals surface area (Å²) in [5, 5.41) is 3.53. The quantitative estimate of drug-likeness (QED) is 0.877. The van der Waals surface area contributed by atoms with E-state index < -0.39 is 0 Å². The Bertz CT molecular complexity index is 389. The molecule has 1 saturated carbocycles. The van der Waals surface area contributed by atoms with Crippen molar-refractivity contribution in [1.29, 1.82) is 0 Å². The number of anilines is 2. The van der Waals surface area contributed by atoms with E-state index in [-0.39, 0.29) is 0 Å². The number of nitrogens with one attached hydrogen (secondary N) is 1. The standard InChI is InChI=1S/C16H25N3/c1-2-18-9-11-19(12-10-18)16-7-5-15(6-8-16)17-13-14-3-4-14/h5-8,14,17H,2-4,9-13H2,1H3. The van der Waals surface area contributed by atoms with Gasteiger partial charge in [0.05, 0.1) is 0 Å². The maximum Gasteiger partial charge on any atom is 0.0368 e. The van der Waals surface area contributed by atoms with E-state index in [1.807, 2.05) is 0 Å². The van der Waals surface area contributed by atoms with E-state index in [2.05, 4.69) is 46.3 Å². The van der Waals surface area contributed by atoms with Crippen LogP contribution in [-0.4, -0.2) is 44.2 Å². The van der Waals surface area contributed by atoms with Crippen molar-refractivity contribution >= 4 is 11.4 Å². The number of hydrogen-bond acceptors (Lipinski definition) is 3. The lowest BCUT2D eigenvalue weighted by Crippen LogP contribution is -2.46. The largest absolute Gasteiger partial charge is 0.385 e. The van der Waals surface area contributed by atoms with E-state index in [4.69, 9.17) is 0 Å².